The second kappa shape index (κ2) is 9.11. The summed E-state index contributed by atoms with van der Waals surface area (Å²) in [6, 6.07) is 6.40. The number of rotatable bonds is 8. The molecule has 0 radical (unpaired) electrons. The van der Waals surface area contributed by atoms with Crippen molar-refractivity contribution in [3.63, 3.8) is 0 Å². The normalized spacial score (nSPS) is 11.2. The molecule has 1 aromatic carbocycles. The predicted molar refractivity (Wildman–Crippen MR) is 87.1 cm³/mol. The highest BCUT2D eigenvalue weighted by molar-refractivity contribution is 9.11. The van der Waals surface area contributed by atoms with E-state index in [4.69, 9.17) is 0 Å². The van der Waals surface area contributed by atoms with Crippen molar-refractivity contribution in [2.45, 2.75) is 39.5 Å². The fourth-order valence-electron chi connectivity index (χ4n) is 1.87. The van der Waals surface area contributed by atoms with Crippen molar-refractivity contribution >= 4 is 31.9 Å². The Morgan fingerprint density at radius 1 is 1.11 bits per heavy atom. The minimum absolute atomic E-state index is 0.752. The van der Waals surface area contributed by atoms with Crippen LogP contribution in [0.5, 0.6) is 0 Å². The summed E-state index contributed by atoms with van der Waals surface area (Å²) < 4.78 is 2.39. The van der Waals surface area contributed by atoms with Crippen LogP contribution in [0, 0.1) is 5.92 Å². The molecule has 1 nitrogen and oxygen atoms in total. The first-order valence-corrected chi connectivity index (χ1v) is 8.33. The van der Waals surface area contributed by atoms with Gasteiger partial charge in [-0.3, -0.25) is 0 Å². The zero-order chi connectivity index (χ0) is 13.4. The largest absolute Gasteiger partial charge is 0.316 e. The maximum absolute atomic E-state index is 3.61. The Morgan fingerprint density at radius 3 is 2.61 bits per heavy atom. The first-order valence-electron chi connectivity index (χ1n) is 6.74. The van der Waals surface area contributed by atoms with Gasteiger partial charge < -0.3 is 5.32 Å². The highest BCUT2D eigenvalue weighted by Gasteiger charge is 2.00. The van der Waals surface area contributed by atoms with E-state index in [2.05, 4.69) is 69.2 Å². The van der Waals surface area contributed by atoms with Gasteiger partial charge in [-0.1, -0.05) is 52.1 Å². The molecule has 1 rings (SSSR count). The van der Waals surface area contributed by atoms with E-state index in [1.54, 1.807) is 0 Å². The molecular formula is C15H23Br2N. The van der Waals surface area contributed by atoms with Crippen LogP contribution < -0.4 is 5.32 Å². The lowest BCUT2D eigenvalue weighted by Crippen LogP contribution is -2.20. The smallest absolute Gasteiger partial charge is 0.0208 e. The van der Waals surface area contributed by atoms with Gasteiger partial charge in [0.2, 0.25) is 0 Å². The third kappa shape index (κ3) is 6.91. The summed E-state index contributed by atoms with van der Waals surface area (Å²) in [4.78, 5) is 0. The van der Waals surface area contributed by atoms with Crippen molar-refractivity contribution in [3.8, 4) is 0 Å². The third-order valence-corrected chi connectivity index (χ3v) is 4.13. The monoisotopic (exact) mass is 375 g/mol. The van der Waals surface area contributed by atoms with Crippen molar-refractivity contribution in [2.75, 3.05) is 13.1 Å². The van der Waals surface area contributed by atoms with E-state index in [1.165, 1.54) is 33.8 Å². The lowest BCUT2D eigenvalue weighted by atomic mass is 10.1. The van der Waals surface area contributed by atoms with E-state index in [0.717, 1.165) is 25.4 Å². The number of hydrogen-bond donors (Lipinski definition) is 1. The van der Waals surface area contributed by atoms with Crippen LogP contribution >= 0.6 is 31.9 Å². The summed E-state index contributed by atoms with van der Waals surface area (Å²) in [5, 5.41) is 3.49. The Balaban J connectivity index is 2.12. The Labute approximate surface area is 128 Å². The van der Waals surface area contributed by atoms with Gasteiger partial charge in [-0.25, -0.2) is 0 Å². The van der Waals surface area contributed by atoms with Crippen LogP contribution in [-0.4, -0.2) is 13.1 Å². The van der Waals surface area contributed by atoms with Crippen molar-refractivity contribution < 1.29 is 0 Å². The topological polar surface area (TPSA) is 12.0 Å². The average molecular weight is 377 g/mol. The number of halogens is 2. The molecule has 0 saturated carbocycles. The van der Waals surface area contributed by atoms with Crippen molar-refractivity contribution in [1.29, 1.82) is 0 Å². The molecule has 0 atom stereocenters. The molecule has 0 aromatic heterocycles. The van der Waals surface area contributed by atoms with Gasteiger partial charge in [0, 0.05) is 8.95 Å². The van der Waals surface area contributed by atoms with Crippen LogP contribution in [0.1, 0.15) is 38.7 Å². The standard InChI is InChI=1S/C15H23Br2N/c1-12(2)11-18-9-5-3-4-6-13-10-14(16)7-8-15(13)17/h7-8,10,12,18H,3-6,9,11H2,1-2H3. The zero-order valence-electron chi connectivity index (χ0n) is 11.3. The molecule has 3 heteroatoms. The molecule has 0 unspecified atom stereocenters. The van der Waals surface area contributed by atoms with Gasteiger partial charge in [-0.05, 0) is 62.0 Å². The second-order valence-corrected chi connectivity index (χ2v) is 6.91. The molecule has 0 aliphatic heterocycles. The fourth-order valence-corrected chi connectivity index (χ4v) is 2.72. The SMILES string of the molecule is CC(C)CNCCCCCc1cc(Br)ccc1Br. The van der Waals surface area contributed by atoms with E-state index < -0.39 is 0 Å². The fraction of sp³-hybridized carbons (Fsp3) is 0.600. The molecule has 102 valence electrons. The van der Waals surface area contributed by atoms with Gasteiger partial charge in [-0.2, -0.15) is 0 Å². The summed E-state index contributed by atoms with van der Waals surface area (Å²) in [6.07, 6.45) is 4.99. The van der Waals surface area contributed by atoms with Crippen molar-refractivity contribution in [3.05, 3.63) is 32.7 Å². The zero-order valence-corrected chi connectivity index (χ0v) is 14.5. The maximum atomic E-state index is 3.61. The first kappa shape index (κ1) is 16.2. The van der Waals surface area contributed by atoms with E-state index in [0.29, 0.717) is 0 Å². The van der Waals surface area contributed by atoms with Gasteiger partial charge in [0.05, 0.1) is 0 Å². The summed E-state index contributed by atoms with van der Waals surface area (Å²) >= 11 is 7.13. The Bertz CT molecular complexity index is 350. The van der Waals surface area contributed by atoms with Crippen LogP contribution in [0.4, 0.5) is 0 Å². The average Bonchev–Trinajstić information content (AvgIpc) is 2.32. The lowest BCUT2D eigenvalue weighted by molar-refractivity contribution is 0.530. The molecule has 1 aromatic rings. The predicted octanol–water partition coefficient (Wildman–Crippen LogP) is 5.17. The van der Waals surface area contributed by atoms with E-state index in [9.17, 15) is 0 Å². The number of unbranched alkanes of at least 4 members (excludes halogenated alkanes) is 2. The molecule has 0 saturated heterocycles. The molecule has 0 fully saturated rings. The van der Waals surface area contributed by atoms with Gasteiger partial charge >= 0.3 is 0 Å². The molecule has 1 N–H and O–H groups in total. The second-order valence-electron chi connectivity index (χ2n) is 5.14. The summed E-state index contributed by atoms with van der Waals surface area (Å²) in [5.41, 5.74) is 1.40. The maximum Gasteiger partial charge on any atom is 0.0208 e. The van der Waals surface area contributed by atoms with Gasteiger partial charge in [0.1, 0.15) is 0 Å². The lowest BCUT2D eigenvalue weighted by Gasteiger charge is -2.08. The molecule has 0 heterocycles. The highest BCUT2D eigenvalue weighted by Crippen LogP contribution is 2.23. The quantitative estimate of drug-likeness (QED) is 0.617. The number of nitrogens with one attached hydrogen (secondary N) is 1. The van der Waals surface area contributed by atoms with Crippen LogP contribution in [0.25, 0.3) is 0 Å². The first-order chi connectivity index (χ1) is 8.59. The number of benzene rings is 1. The van der Waals surface area contributed by atoms with Crippen LogP contribution in [0.3, 0.4) is 0 Å². The van der Waals surface area contributed by atoms with Crippen molar-refractivity contribution in [2.24, 2.45) is 5.92 Å². The van der Waals surface area contributed by atoms with E-state index >= 15 is 0 Å². The molecule has 0 bridgehead atoms. The minimum atomic E-state index is 0.752. The molecule has 18 heavy (non-hydrogen) atoms. The molecule has 0 aliphatic carbocycles. The van der Waals surface area contributed by atoms with E-state index in [1.807, 2.05) is 0 Å². The third-order valence-electron chi connectivity index (χ3n) is 2.86. The van der Waals surface area contributed by atoms with E-state index in [-0.39, 0.29) is 0 Å². The minimum Gasteiger partial charge on any atom is -0.316 e. The van der Waals surface area contributed by atoms with Crippen LogP contribution in [0.15, 0.2) is 27.1 Å². The van der Waals surface area contributed by atoms with Crippen LogP contribution in [0.2, 0.25) is 0 Å². The van der Waals surface area contributed by atoms with Gasteiger partial charge in [-0.15, -0.1) is 0 Å². The number of hydrogen-bond acceptors (Lipinski definition) is 1. The number of aryl methyl sites for hydroxylation is 1. The molecular weight excluding hydrogens is 354 g/mol. The van der Waals surface area contributed by atoms with Crippen LogP contribution in [-0.2, 0) is 6.42 Å². The Hall–Kier alpha value is 0.140. The van der Waals surface area contributed by atoms with Gasteiger partial charge in [0.15, 0.2) is 0 Å². The Morgan fingerprint density at radius 2 is 1.89 bits per heavy atom. The van der Waals surface area contributed by atoms with Gasteiger partial charge in [0.25, 0.3) is 0 Å². The summed E-state index contributed by atoms with van der Waals surface area (Å²) in [5.74, 6) is 0.752. The highest BCUT2D eigenvalue weighted by atomic mass is 79.9. The Kier molecular flexibility index (Phi) is 8.20. The van der Waals surface area contributed by atoms with Crippen molar-refractivity contribution in [1.82, 2.24) is 5.32 Å². The molecule has 0 aliphatic rings. The molecule has 0 spiro atoms. The summed E-state index contributed by atoms with van der Waals surface area (Å²) in [6.45, 7) is 6.78. The molecule has 0 amide bonds. The summed E-state index contributed by atoms with van der Waals surface area (Å²) in [7, 11) is 0.